The van der Waals surface area contributed by atoms with E-state index in [2.05, 4.69) is 21.5 Å². The number of nitrogens with zero attached hydrogens (tertiary/aromatic N) is 3. The zero-order valence-electron chi connectivity index (χ0n) is 14.6. The van der Waals surface area contributed by atoms with Crippen molar-refractivity contribution in [1.82, 2.24) is 20.3 Å². The third-order valence-corrected chi connectivity index (χ3v) is 4.11. The van der Waals surface area contributed by atoms with E-state index in [1.807, 2.05) is 0 Å². The Morgan fingerprint density at radius 3 is 2.75 bits per heavy atom. The Hall–Kier alpha value is -4.12. The SMILES string of the molecule is C#CCn1nc(CNC(=O)c2cc(-c3ccco3)on2)c2ccccc2c1=O. The molecule has 0 atom stereocenters. The van der Waals surface area contributed by atoms with Crippen LogP contribution in [0.1, 0.15) is 16.2 Å². The van der Waals surface area contributed by atoms with Crippen LogP contribution in [0, 0.1) is 12.3 Å². The molecule has 28 heavy (non-hydrogen) atoms. The first kappa shape index (κ1) is 17.3. The summed E-state index contributed by atoms with van der Waals surface area (Å²) in [5.74, 6) is 2.78. The number of fused-ring (bicyclic) bond motifs is 1. The summed E-state index contributed by atoms with van der Waals surface area (Å²) in [5, 5.41) is 11.9. The van der Waals surface area contributed by atoms with E-state index in [0.29, 0.717) is 28.0 Å². The van der Waals surface area contributed by atoms with E-state index < -0.39 is 5.91 Å². The zero-order valence-corrected chi connectivity index (χ0v) is 14.6. The fourth-order valence-electron chi connectivity index (χ4n) is 2.80. The predicted molar refractivity (Wildman–Crippen MR) is 100 cm³/mol. The van der Waals surface area contributed by atoms with Crippen molar-refractivity contribution in [2.75, 3.05) is 0 Å². The zero-order chi connectivity index (χ0) is 19.5. The topological polar surface area (TPSA) is 103 Å². The van der Waals surface area contributed by atoms with Crippen LogP contribution in [0.15, 0.2) is 62.5 Å². The number of benzene rings is 1. The van der Waals surface area contributed by atoms with Gasteiger partial charge in [0, 0.05) is 11.5 Å². The Balaban J connectivity index is 1.59. The standard InChI is InChI=1S/C20H14N4O4/c1-2-9-24-20(26)14-7-4-3-6-13(14)16(22-24)12-21-19(25)15-11-18(28-23-15)17-8-5-10-27-17/h1,3-8,10-11H,9,12H2,(H,21,25). The van der Waals surface area contributed by atoms with Crippen molar-refractivity contribution in [2.24, 2.45) is 0 Å². The summed E-state index contributed by atoms with van der Waals surface area (Å²) in [6, 6.07) is 11.9. The molecule has 0 saturated carbocycles. The number of carbonyl (C=O) groups excluding carboxylic acids is 1. The highest BCUT2D eigenvalue weighted by Crippen LogP contribution is 2.20. The Kier molecular flexibility index (Phi) is 4.48. The molecule has 0 spiro atoms. The van der Waals surface area contributed by atoms with Gasteiger partial charge in [0.05, 0.1) is 23.9 Å². The van der Waals surface area contributed by atoms with Crippen LogP contribution in [-0.4, -0.2) is 20.8 Å². The third kappa shape index (κ3) is 3.17. The van der Waals surface area contributed by atoms with Crippen molar-refractivity contribution < 1.29 is 13.7 Å². The Bertz CT molecular complexity index is 1250. The van der Waals surface area contributed by atoms with Gasteiger partial charge in [0.2, 0.25) is 5.76 Å². The molecule has 0 saturated heterocycles. The lowest BCUT2D eigenvalue weighted by Gasteiger charge is -2.09. The van der Waals surface area contributed by atoms with E-state index in [0.717, 1.165) is 0 Å². The summed E-state index contributed by atoms with van der Waals surface area (Å²) in [5.41, 5.74) is 0.351. The quantitative estimate of drug-likeness (QED) is 0.537. The lowest BCUT2D eigenvalue weighted by Crippen LogP contribution is -2.28. The minimum absolute atomic E-state index is 0.0421. The van der Waals surface area contributed by atoms with E-state index in [1.165, 1.54) is 17.0 Å². The van der Waals surface area contributed by atoms with Gasteiger partial charge in [-0.15, -0.1) is 6.42 Å². The number of terminal acetylenes is 1. The molecule has 8 heteroatoms. The number of furan rings is 1. The molecule has 0 aliphatic rings. The maximum absolute atomic E-state index is 12.4. The minimum atomic E-state index is -0.442. The molecule has 1 N–H and O–H groups in total. The maximum Gasteiger partial charge on any atom is 0.275 e. The second kappa shape index (κ2) is 7.25. The van der Waals surface area contributed by atoms with Crippen LogP contribution in [0.4, 0.5) is 0 Å². The molecule has 3 heterocycles. The molecule has 0 fully saturated rings. The van der Waals surface area contributed by atoms with Gasteiger partial charge >= 0.3 is 0 Å². The summed E-state index contributed by atoms with van der Waals surface area (Å²) in [6.07, 6.45) is 6.82. The Morgan fingerprint density at radius 2 is 2.00 bits per heavy atom. The Morgan fingerprint density at radius 1 is 1.18 bits per heavy atom. The molecule has 138 valence electrons. The van der Waals surface area contributed by atoms with Gasteiger partial charge in [-0.25, -0.2) is 4.68 Å². The molecule has 0 unspecified atom stereocenters. The molecule has 4 aromatic rings. The normalized spacial score (nSPS) is 10.7. The molecule has 8 nitrogen and oxygen atoms in total. The second-order valence-corrected chi connectivity index (χ2v) is 5.90. The van der Waals surface area contributed by atoms with Crippen molar-refractivity contribution in [3.05, 3.63) is 70.5 Å². The van der Waals surface area contributed by atoms with Gasteiger partial charge in [0.15, 0.2) is 11.5 Å². The van der Waals surface area contributed by atoms with Gasteiger partial charge in [-0.05, 0) is 18.2 Å². The Labute approximate surface area is 158 Å². The van der Waals surface area contributed by atoms with Crippen molar-refractivity contribution in [1.29, 1.82) is 0 Å². The van der Waals surface area contributed by atoms with E-state index in [-0.39, 0.29) is 24.3 Å². The summed E-state index contributed by atoms with van der Waals surface area (Å²) in [6.45, 7) is 0.132. The largest absolute Gasteiger partial charge is 0.461 e. The van der Waals surface area contributed by atoms with Crippen molar-refractivity contribution in [3.8, 4) is 23.9 Å². The molecular formula is C20H14N4O4. The number of hydrogen-bond donors (Lipinski definition) is 1. The second-order valence-electron chi connectivity index (χ2n) is 5.90. The average Bonchev–Trinajstić information content (AvgIpc) is 3.41. The average molecular weight is 374 g/mol. The van der Waals surface area contributed by atoms with Gasteiger partial charge in [-0.1, -0.05) is 29.3 Å². The lowest BCUT2D eigenvalue weighted by atomic mass is 10.1. The van der Waals surface area contributed by atoms with Crippen LogP contribution in [0.3, 0.4) is 0 Å². The number of amides is 1. The molecular weight excluding hydrogens is 360 g/mol. The van der Waals surface area contributed by atoms with Crippen LogP contribution in [0.2, 0.25) is 0 Å². The number of hydrogen-bond acceptors (Lipinski definition) is 6. The summed E-state index contributed by atoms with van der Waals surface area (Å²) < 4.78 is 11.5. The first-order valence-corrected chi connectivity index (χ1v) is 8.38. The highest BCUT2D eigenvalue weighted by Gasteiger charge is 2.16. The van der Waals surface area contributed by atoms with Crippen LogP contribution in [-0.2, 0) is 13.1 Å². The highest BCUT2D eigenvalue weighted by molar-refractivity contribution is 5.93. The van der Waals surface area contributed by atoms with Crippen molar-refractivity contribution >= 4 is 16.7 Å². The monoisotopic (exact) mass is 374 g/mol. The van der Waals surface area contributed by atoms with E-state index in [1.54, 1.807) is 36.4 Å². The summed E-state index contributed by atoms with van der Waals surface area (Å²) in [4.78, 5) is 24.9. The predicted octanol–water partition coefficient (Wildman–Crippen LogP) is 2.21. The number of aromatic nitrogens is 3. The molecule has 0 aliphatic heterocycles. The van der Waals surface area contributed by atoms with Gasteiger partial charge in [0.25, 0.3) is 11.5 Å². The third-order valence-electron chi connectivity index (χ3n) is 4.11. The molecule has 1 amide bonds. The maximum atomic E-state index is 12.4. The number of carbonyl (C=O) groups is 1. The van der Waals surface area contributed by atoms with Crippen LogP contribution in [0.5, 0.6) is 0 Å². The molecule has 0 aliphatic carbocycles. The fraction of sp³-hybridized carbons (Fsp3) is 0.100. The van der Waals surface area contributed by atoms with Crippen LogP contribution < -0.4 is 10.9 Å². The van der Waals surface area contributed by atoms with E-state index >= 15 is 0 Å². The van der Waals surface area contributed by atoms with E-state index in [9.17, 15) is 9.59 Å². The summed E-state index contributed by atoms with van der Waals surface area (Å²) in [7, 11) is 0. The lowest BCUT2D eigenvalue weighted by molar-refractivity contribution is 0.0941. The fourth-order valence-corrected chi connectivity index (χ4v) is 2.80. The van der Waals surface area contributed by atoms with Crippen LogP contribution >= 0.6 is 0 Å². The number of rotatable bonds is 5. The van der Waals surface area contributed by atoms with Gasteiger partial charge in [-0.3, -0.25) is 9.59 Å². The molecule has 1 aromatic carbocycles. The summed E-state index contributed by atoms with van der Waals surface area (Å²) >= 11 is 0. The molecule has 0 radical (unpaired) electrons. The van der Waals surface area contributed by atoms with Crippen molar-refractivity contribution in [3.63, 3.8) is 0 Å². The minimum Gasteiger partial charge on any atom is -0.461 e. The van der Waals surface area contributed by atoms with Crippen LogP contribution in [0.25, 0.3) is 22.3 Å². The highest BCUT2D eigenvalue weighted by atomic mass is 16.5. The van der Waals surface area contributed by atoms with Crippen molar-refractivity contribution in [2.45, 2.75) is 13.1 Å². The van der Waals surface area contributed by atoms with E-state index in [4.69, 9.17) is 15.4 Å². The molecule has 4 rings (SSSR count). The van der Waals surface area contributed by atoms with Gasteiger partial charge in [-0.2, -0.15) is 5.10 Å². The first-order chi connectivity index (χ1) is 13.7. The smallest absolute Gasteiger partial charge is 0.275 e. The molecule has 0 bridgehead atoms. The van der Waals surface area contributed by atoms with Gasteiger partial charge < -0.3 is 14.3 Å². The molecule has 3 aromatic heterocycles. The number of nitrogens with one attached hydrogen (secondary N) is 1. The van der Waals surface area contributed by atoms with Gasteiger partial charge in [0.1, 0.15) is 6.54 Å². The first-order valence-electron chi connectivity index (χ1n) is 8.38.